The van der Waals surface area contributed by atoms with E-state index in [1.54, 1.807) is 13.0 Å². The average Bonchev–Trinajstić information content (AvgIpc) is 3.26. The highest BCUT2D eigenvalue weighted by molar-refractivity contribution is 5.63. The first-order valence-electron chi connectivity index (χ1n) is 8.91. The largest absolute Gasteiger partial charge is 0.325 e. The second-order valence-corrected chi connectivity index (χ2v) is 7.13. The van der Waals surface area contributed by atoms with Crippen molar-refractivity contribution in [2.45, 2.75) is 25.2 Å². The number of benzene rings is 1. The van der Waals surface area contributed by atoms with Crippen molar-refractivity contribution in [2.24, 2.45) is 0 Å². The number of rotatable bonds is 3. The Morgan fingerprint density at radius 3 is 2.62 bits per heavy atom. The molecule has 0 aliphatic heterocycles. The number of aromatic amines is 2. The van der Waals surface area contributed by atoms with Gasteiger partial charge < -0.3 is 4.98 Å². The van der Waals surface area contributed by atoms with Gasteiger partial charge in [0.1, 0.15) is 23.7 Å². The quantitative estimate of drug-likeness (QED) is 0.551. The van der Waals surface area contributed by atoms with Crippen LogP contribution < -0.4 is 11.2 Å². The Morgan fingerprint density at radius 2 is 1.90 bits per heavy atom. The van der Waals surface area contributed by atoms with Crippen LogP contribution in [0.4, 0.5) is 8.78 Å². The monoisotopic (exact) mass is 396 g/mol. The van der Waals surface area contributed by atoms with Gasteiger partial charge in [-0.2, -0.15) is 0 Å². The predicted molar refractivity (Wildman–Crippen MR) is 98.7 cm³/mol. The maximum Gasteiger partial charge on any atom is 0.325 e. The lowest BCUT2D eigenvalue weighted by molar-refractivity contribution is 0.553. The molecule has 0 radical (unpaired) electrons. The Hall–Kier alpha value is -3.69. The molecule has 0 amide bonds. The molecule has 29 heavy (non-hydrogen) atoms. The molecule has 2 atom stereocenters. The molecule has 1 fully saturated rings. The third-order valence-corrected chi connectivity index (χ3v) is 5.16. The first-order chi connectivity index (χ1) is 13.9. The van der Waals surface area contributed by atoms with Gasteiger partial charge in [-0.15, -0.1) is 14.8 Å². The Labute approximate surface area is 161 Å². The zero-order valence-electron chi connectivity index (χ0n) is 15.1. The molecule has 0 spiro atoms. The molecule has 4 aromatic rings. The van der Waals surface area contributed by atoms with Crippen LogP contribution in [0.2, 0.25) is 0 Å². The molecule has 1 saturated carbocycles. The fourth-order valence-electron chi connectivity index (χ4n) is 3.77. The van der Waals surface area contributed by atoms with Crippen LogP contribution >= 0.6 is 0 Å². The maximum absolute atomic E-state index is 14.4. The van der Waals surface area contributed by atoms with E-state index >= 15 is 0 Å². The Kier molecular flexibility index (Phi) is 3.70. The van der Waals surface area contributed by atoms with Crippen molar-refractivity contribution in [3.63, 3.8) is 0 Å². The number of aromatic nitrogens is 6. The summed E-state index contributed by atoms with van der Waals surface area (Å²) in [4.78, 5) is 32.2. The summed E-state index contributed by atoms with van der Waals surface area (Å²) in [6.07, 6.45) is 3.11. The Morgan fingerprint density at radius 1 is 1.14 bits per heavy atom. The fraction of sp³-hybridized carbons (Fsp3) is 0.211. The van der Waals surface area contributed by atoms with Crippen LogP contribution in [0.3, 0.4) is 0 Å². The number of H-pyrrole nitrogens is 2. The van der Waals surface area contributed by atoms with Crippen LogP contribution in [0, 0.1) is 18.6 Å². The standard InChI is InChI=1S/C19H14F2N6O2/c1-8-2-13(20)16(14(21)3-8)10-4-9(10)11-5-15(26-27-17(11)23-7-24-27)12-6-22-19(29)25-18(12)28/h2-3,5-7,9-10H,4H2,1H3,(H2,22,25,28,29)/t9-,10-/m0/s1. The summed E-state index contributed by atoms with van der Waals surface area (Å²) >= 11 is 0. The van der Waals surface area contributed by atoms with Gasteiger partial charge in [0.2, 0.25) is 0 Å². The summed E-state index contributed by atoms with van der Waals surface area (Å²) in [5.41, 5.74) is 0.891. The summed E-state index contributed by atoms with van der Waals surface area (Å²) in [5, 5.41) is 8.29. The summed E-state index contributed by atoms with van der Waals surface area (Å²) in [6.45, 7) is 1.64. The first kappa shape index (κ1) is 17.4. The van der Waals surface area contributed by atoms with Crippen LogP contribution in [0.5, 0.6) is 0 Å². The first-order valence-corrected chi connectivity index (χ1v) is 8.91. The molecule has 8 nitrogen and oxygen atoms in total. The van der Waals surface area contributed by atoms with E-state index in [1.807, 2.05) is 0 Å². The van der Waals surface area contributed by atoms with Crippen LogP contribution in [0.15, 0.2) is 40.3 Å². The molecule has 1 aliphatic carbocycles. The van der Waals surface area contributed by atoms with E-state index in [-0.39, 0.29) is 28.7 Å². The molecule has 0 unspecified atom stereocenters. The molecule has 1 aromatic carbocycles. The Bertz CT molecular complexity index is 1370. The normalized spacial score (nSPS) is 18.3. The third-order valence-electron chi connectivity index (χ3n) is 5.16. The van der Waals surface area contributed by atoms with Crippen LogP contribution in [0.1, 0.15) is 34.9 Å². The van der Waals surface area contributed by atoms with E-state index in [0.717, 1.165) is 0 Å². The molecule has 0 saturated heterocycles. The molecule has 10 heteroatoms. The number of nitrogens with zero attached hydrogens (tertiary/aromatic N) is 4. The lowest BCUT2D eigenvalue weighted by atomic mass is 10.0. The van der Waals surface area contributed by atoms with E-state index in [4.69, 9.17) is 0 Å². The number of nitrogens with one attached hydrogen (secondary N) is 2. The molecule has 3 aromatic heterocycles. The highest BCUT2D eigenvalue weighted by Crippen LogP contribution is 2.56. The van der Waals surface area contributed by atoms with E-state index < -0.39 is 22.9 Å². The van der Waals surface area contributed by atoms with Gasteiger partial charge in [-0.3, -0.25) is 9.78 Å². The highest BCUT2D eigenvalue weighted by atomic mass is 19.1. The molecular formula is C19H14F2N6O2. The number of aryl methyl sites for hydroxylation is 1. The van der Waals surface area contributed by atoms with E-state index in [0.29, 0.717) is 23.2 Å². The van der Waals surface area contributed by atoms with E-state index in [9.17, 15) is 18.4 Å². The molecule has 146 valence electrons. The van der Waals surface area contributed by atoms with Crippen molar-refractivity contribution >= 4 is 5.65 Å². The van der Waals surface area contributed by atoms with Crippen LogP contribution in [-0.4, -0.2) is 29.8 Å². The second-order valence-electron chi connectivity index (χ2n) is 7.13. The molecule has 1 aliphatic rings. The molecule has 5 rings (SSSR count). The van der Waals surface area contributed by atoms with Gasteiger partial charge in [0.15, 0.2) is 5.65 Å². The van der Waals surface area contributed by atoms with Gasteiger partial charge in [0.25, 0.3) is 5.56 Å². The van der Waals surface area contributed by atoms with Crippen LogP contribution in [-0.2, 0) is 0 Å². The summed E-state index contributed by atoms with van der Waals surface area (Å²) in [7, 11) is 0. The third kappa shape index (κ3) is 2.84. The van der Waals surface area contributed by atoms with Gasteiger partial charge in [-0.05, 0) is 48.9 Å². The average molecular weight is 396 g/mol. The smallest absolute Gasteiger partial charge is 0.313 e. The maximum atomic E-state index is 14.4. The SMILES string of the molecule is Cc1cc(F)c([C@H]2C[C@@H]2c2cc(-c3c[nH]c(=O)[nH]c3=O)nn3ncnc23)c(F)c1. The van der Waals surface area contributed by atoms with Crippen molar-refractivity contribution in [1.82, 2.24) is 29.8 Å². The second kappa shape index (κ2) is 6.16. The van der Waals surface area contributed by atoms with Gasteiger partial charge in [0.05, 0.1) is 5.56 Å². The van der Waals surface area contributed by atoms with Gasteiger partial charge in [-0.1, -0.05) is 0 Å². The van der Waals surface area contributed by atoms with Gasteiger partial charge in [-0.25, -0.2) is 18.6 Å². The minimum atomic E-state index is -0.631. The fourth-order valence-corrected chi connectivity index (χ4v) is 3.77. The predicted octanol–water partition coefficient (Wildman–Crippen LogP) is 2.03. The summed E-state index contributed by atoms with van der Waals surface area (Å²) in [5.74, 6) is -1.69. The Balaban J connectivity index is 1.62. The van der Waals surface area contributed by atoms with Crippen molar-refractivity contribution in [3.05, 3.63) is 79.9 Å². The van der Waals surface area contributed by atoms with Crippen molar-refractivity contribution in [3.8, 4) is 11.3 Å². The lowest BCUT2D eigenvalue weighted by Crippen LogP contribution is -2.23. The zero-order valence-corrected chi connectivity index (χ0v) is 15.1. The minimum absolute atomic E-state index is 0.0542. The van der Waals surface area contributed by atoms with Crippen LogP contribution in [0.25, 0.3) is 16.9 Å². The molecule has 3 heterocycles. The van der Waals surface area contributed by atoms with Gasteiger partial charge >= 0.3 is 5.69 Å². The number of halogens is 2. The van der Waals surface area contributed by atoms with Gasteiger partial charge in [0, 0.05) is 17.3 Å². The number of hydrogen-bond acceptors (Lipinski definition) is 5. The molecule has 0 bridgehead atoms. The van der Waals surface area contributed by atoms with Crippen molar-refractivity contribution < 1.29 is 8.78 Å². The van der Waals surface area contributed by atoms with E-state index in [1.165, 1.54) is 29.3 Å². The zero-order chi connectivity index (χ0) is 20.3. The van der Waals surface area contributed by atoms with Crippen molar-refractivity contribution in [2.75, 3.05) is 0 Å². The summed E-state index contributed by atoms with van der Waals surface area (Å²) in [6, 6.07) is 4.29. The molecular weight excluding hydrogens is 382 g/mol. The van der Waals surface area contributed by atoms with E-state index in [2.05, 4.69) is 25.1 Å². The topological polar surface area (TPSA) is 109 Å². The number of hydrogen-bond donors (Lipinski definition) is 2. The molecule has 2 N–H and O–H groups in total. The van der Waals surface area contributed by atoms with Crippen molar-refractivity contribution in [1.29, 1.82) is 0 Å². The number of fused-ring (bicyclic) bond motifs is 1. The highest BCUT2D eigenvalue weighted by Gasteiger charge is 2.44. The lowest BCUT2D eigenvalue weighted by Gasteiger charge is -2.08. The minimum Gasteiger partial charge on any atom is -0.313 e. The summed E-state index contributed by atoms with van der Waals surface area (Å²) < 4.78 is 30.1.